The SMILES string of the molecule is Nc1ncnc2c1c(Cc1cccc(F)c1)nn2C1CC(F)C1. The summed E-state index contributed by atoms with van der Waals surface area (Å²) in [4.78, 5) is 8.29. The minimum absolute atomic E-state index is 0.0111. The van der Waals surface area contributed by atoms with E-state index in [9.17, 15) is 8.78 Å². The van der Waals surface area contributed by atoms with E-state index in [-0.39, 0.29) is 11.9 Å². The molecule has 0 spiro atoms. The van der Waals surface area contributed by atoms with E-state index in [4.69, 9.17) is 5.73 Å². The quantitative estimate of drug-likeness (QED) is 0.807. The molecule has 7 heteroatoms. The molecule has 3 aromatic rings. The lowest BCUT2D eigenvalue weighted by atomic mass is 9.91. The number of benzene rings is 1. The Hall–Kier alpha value is -2.57. The predicted octanol–water partition coefficient (Wildman–Crippen LogP) is 2.81. The van der Waals surface area contributed by atoms with Gasteiger partial charge in [-0.1, -0.05) is 12.1 Å². The Balaban J connectivity index is 1.79. The summed E-state index contributed by atoms with van der Waals surface area (Å²) in [5, 5.41) is 5.24. The smallest absolute Gasteiger partial charge is 0.163 e. The average molecular weight is 315 g/mol. The second kappa shape index (κ2) is 5.26. The van der Waals surface area contributed by atoms with E-state index >= 15 is 0 Å². The van der Waals surface area contributed by atoms with Crippen LogP contribution in [-0.4, -0.2) is 25.9 Å². The maximum atomic E-state index is 13.4. The first-order chi connectivity index (χ1) is 11.1. The third kappa shape index (κ3) is 2.42. The molecular weight excluding hydrogens is 300 g/mol. The molecule has 5 nitrogen and oxygen atoms in total. The van der Waals surface area contributed by atoms with Crippen LogP contribution in [-0.2, 0) is 6.42 Å². The second-order valence-electron chi connectivity index (χ2n) is 5.88. The number of alkyl halides is 1. The zero-order chi connectivity index (χ0) is 16.0. The molecular formula is C16H15F2N5. The van der Waals surface area contributed by atoms with E-state index in [1.165, 1.54) is 18.5 Å². The first-order valence-corrected chi connectivity index (χ1v) is 7.48. The third-order valence-electron chi connectivity index (χ3n) is 4.25. The van der Waals surface area contributed by atoms with E-state index in [2.05, 4.69) is 15.1 Å². The molecule has 2 N–H and O–H groups in total. The van der Waals surface area contributed by atoms with Gasteiger partial charge >= 0.3 is 0 Å². The van der Waals surface area contributed by atoms with Crippen molar-refractivity contribution in [2.75, 3.05) is 5.73 Å². The van der Waals surface area contributed by atoms with Crippen molar-refractivity contribution >= 4 is 16.9 Å². The fourth-order valence-electron chi connectivity index (χ4n) is 3.01. The molecule has 1 aliphatic carbocycles. The van der Waals surface area contributed by atoms with Gasteiger partial charge in [-0.2, -0.15) is 5.10 Å². The molecule has 1 aliphatic rings. The number of nitrogen functional groups attached to an aromatic ring is 1. The molecule has 0 atom stereocenters. The fraction of sp³-hybridized carbons (Fsp3) is 0.312. The predicted molar refractivity (Wildman–Crippen MR) is 82.1 cm³/mol. The molecule has 1 aromatic carbocycles. The minimum Gasteiger partial charge on any atom is -0.383 e. The number of hydrogen-bond acceptors (Lipinski definition) is 4. The van der Waals surface area contributed by atoms with Crippen LogP contribution in [0.3, 0.4) is 0 Å². The van der Waals surface area contributed by atoms with Crippen LogP contribution in [0.5, 0.6) is 0 Å². The highest BCUT2D eigenvalue weighted by Crippen LogP contribution is 2.37. The van der Waals surface area contributed by atoms with Gasteiger partial charge in [0, 0.05) is 19.3 Å². The summed E-state index contributed by atoms with van der Waals surface area (Å²) in [6.07, 6.45) is 1.88. The molecule has 118 valence electrons. The van der Waals surface area contributed by atoms with Crippen LogP contribution in [0, 0.1) is 5.82 Å². The first-order valence-electron chi connectivity index (χ1n) is 7.48. The lowest BCUT2D eigenvalue weighted by Crippen LogP contribution is -2.28. The van der Waals surface area contributed by atoms with E-state index < -0.39 is 6.17 Å². The van der Waals surface area contributed by atoms with E-state index in [0.29, 0.717) is 41.8 Å². The van der Waals surface area contributed by atoms with Gasteiger partial charge in [-0.05, 0) is 17.7 Å². The molecule has 0 amide bonds. The Labute approximate surface area is 131 Å². The van der Waals surface area contributed by atoms with Gasteiger partial charge in [0.05, 0.1) is 17.1 Å². The summed E-state index contributed by atoms with van der Waals surface area (Å²) >= 11 is 0. The summed E-state index contributed by atoms with van der Waals surface area (Å²) in [6, 6.07) is 6.33. The Kier molecular flexibility index (Phi) is 3.21. The van der Waals surface area contributed by atoms with Gasteiger partial charge in [-0.25, -0.2) is 23.4 Å². The number of nitrogens with zero attached hydrogens (tertiary/aromatic N) is 4. The molecule has 2 aromatic heterocycles. The molecule has 1 saturated carbocycles. The molecule has 23 heavy (non-hydrogen) atoms. The Morgan fingerprint density at radius 3 is 2.83 bits per heavy atom. The highest BCUT2D eigenvalue weighted by atomic mass is 19.1. The van der Waals surface area contributed by atoms with Gasteiger partial charge in [0.2, 0.25) is 0 Å². The average Bonchev–Trinajstić information content (AvgIpc) is 2.84. The second-order valence-corrected chi connectivity index (χ2v) is 5.88. The van der Waals surface area contributed by atoms with Crippen molar-refractivity contribution in [2.24, 2.45) is 0 Å². The molecule has 0 radical (unpaired) electrons. The molecule has 4 rings (SSSR count). The van der Waals surface area contributed by atoms with E-state index in [1.807, 2.05) is 6.07 Å². The van der Waals surface area contributed by atoms with Crippen LogP contribution >= 0.6 is 0 Å². The number of anilines is 1. The van der Waals surface area contributed by atoms with Crippen molar-refractivity contribution in [3.8, 4) is 0 Å². The normalized spacial score (nSPS) is 20.6. The molecule has 1 fully saturated rings. The van der Waals surface area contributed by atoms with Gasteiger partial charge < -0.3 is 5.73 Å². The topological polar surface area (TPSA) is 69.6 Å². The third-order valence-corrected chi connectivity index (χ3v) is 4.25. The van der Waals surface area contributed by atoms with Gasteiger partial charge in [0.1, 0.15) is 24.1 Å². The Morgan fingerprint density at radius 1 is 1.26 bits per heavy atom. The summed E-state index contributed by atoms with van der Waals surface area (Å²) in [7, 11) is 0. The van der Waals surface area contributed by atoms with E-state index in [0.717, 1.165) is 5.56 Å². The summed E-state index contributed by atoms with van der Waals surface area (Å²) in [5.74, 6) is 0.0403. The highest BCUT2D eigenvalue weighted by molar-refractivity contribution is 5.88. The molecule has 0 aliphatic heterocycles. The molecule has 0 saturated heterocycles. The monoisotopic (exact) mass is 315 g/mol. The minimum atomic E-state index is -0.787. The van der Waals surface area contributed by atoms with E-state index in [1.54, 1.807) is 10.7 Å². The zero-order valence-corrected chi connectivity index (χ0v) is 12.3. The summed E-state index contributed by atoms with van der Waals surface area (Å²) in [6.45, 7) is 0. The van der Waals surface area contributed by atoms with Crippen LogP contribution in [0.1, 0.15) is 30.1 Å². The summed E-state index contributed by atoms with van der Waals surface area (Å²) < 4.78 is 28.3. The standard InChI is InChI=1S/C16H15F2N5/c17-10-3-1-2-9(4-10)5-13-14-15(19)20-8-21-16(14)23(22-13)12-6-11(18)7-12/h1-4,8,11-12H,5-7H2,(H2,19,20,21). The van der Waals surface area contributed by atoms with Gasteiger partial charge in [0.25, 0.3) is 0 Å². The Bertz CT molecular complexity index is 870. The van der Waals surface area contributed by atoms with Crippen LogP contribution in [0.15, 0.2) is 30.6 Å². The molecule has 2 heterocycles. The van der Waals surface area contributed by atoms with Crippen LogP contribution in [0.4, 0.5) is 14.6 Å². The maximum Gasteiger partial charge on any atom is 0.163 e. The van der Waals surface area contributed by atoms with Crippen molar-refractivity contribution in [3.05, 3.63) is 47.7 Å². The maximum absolute atomic E-state index is 13.4. The zero-order valence-electron chi connectivity index (χ0n) is 12.3. The van der Waals surface area contributed by atoms with Crippen molar-refractivity contribution in [1.29, 1.82) is 0 Å². The molecule has 0 bridgehead atoms. The lowest BCUT2D eigenvalue weighted by molar-refractivity contribution is 0.130. The van der Waals surface area contributed by atoms with Crippen molar-refractivity contribution in [3.63, 3.8) is 0 Å². The van der Waals surface area contributed by atoms with Crippen LogP contribution in [0.25, 0.3) is 11.0 Å². The first kappa shape index (κ1) is 14.0. The lowest BCUT2D eigenvalue weighted by Gasteiger charge is -2.29. The van der Waals surface area contributed by atoms with Crippen LogP contribution < -0.4 is 5.73 Å². The number of hydrogen-bond donors (Lipinski definition) is 1. The van der Waals surface area contributed by atoms with Crippen LogP contribution in [0.2, 0.25) is 0 Å². The van der Waals surface area contributed by atoms with Crippen molar-refractivity contribution in [2.45, 2.75) is 31.5 Å². The number of fused-ring (bicyclic) bond motifs is 1. The largest absolute Gasteiger partial charge is 0.383 e. The fourth-order valence-corrected chi connectivity index (χ4v) is 3.01. The van der Waals surface area contributed by atoms with Gasteiger partial charge in [0.15, 0.2) is 5.65 Å². The van der Waals surface area contributed by atoms with Gasteiger partial charge in [-0.3, -0.25) is 0 Å². The number of rotatable bonds is 3. The number of aromatic nitrogens is 4. The molecule has 0 unspecified atom stereocenters. The highest BCUT2D eigenvalue weighted by Gasteiger charge is 2.33. The Morgan fingerprint density at radius 2 is 2.09 bits per heavy atom. The number of nitrogens with two attached hydrogens (primary N) is 1. The number of halogens is 2. The summed E-state index contributed by atoms with van der Waals surface area (Å²) in [5.41, 5.74) is 8.07. The van der Waals surface area contributed by atoms with Crippen molar-refractivity contribution in [1.82, 2.24) is 19.7 Å². The van der Waals surface area contributed by atoms with Gasteiger partial charge in [-0.15, -0.1) is 0 Å². The van der Waals surface area contributed by atoms with Crippen molar-refractivity contribution < 1.29 is 8.78 Å².